The minimum atomic E-state index is -0.643. The van der Waals surface area contributed by atoms with Crippen LogP contribution in [0.25, 0.3) is 0 Å². The van der Waals surface area contributed by atoms with Gasteiger partial charge in [0.15, 0.2) is 0 Å². The Kier molecular flexibility index (Phi) is 3.47. The van der Waals surface area contributed by atoms with Crippen LogP contribution in [0.1, 0.15) is 20.7 Å². The van der Waals surface area contributed by atoms with Crippen LogP contribution in [0.15, 0.2) is 48.5 Å². The van der Waals surface area contributed by atoms with E-state index in [-0.39, 0.29) is 17.2 Å². The molecular formula is C14H13N3O2. The van der Waals surface area contributed by atoms with E-state index in [4.69, 9.17) is 11.5 Å². The molecule has 0 spiro atoms. The molecule has 96 valence electrons. The summed E-state index contributed by atoms with van der Waals surface area (Å²) in [4.78, 5) is 23.3. The number of para-hydroxylation sites is 1. The number of rotatable bonds is 3. The number of benzene rings is 2. The highest BCUT2D eigenvalue weighted by molar-refractivity contribution is 6.10. The Labute approximate surface area is 110 Å². The Morgan fingerprint density at radius 2 is 1.63 bits per heavy atom. The van der Waals surface area contributed by atoms with Crippen LogP contribution in [0.2, 0.25) is 0 Å². The van der Waals surface area contributed by atoms with Gasteiger partial charge in [-0.3, -0.25) is 9.59 Å². The first-order valence-corrected chi connectivity index (χ1v) is 5.64. The van der Waals surface area contributed by atoms with E-state index in [2.05, 4.69) is 5.32 Å². The van der Waals surface area contributed by atoms with Gasteiger partial charge in [-0.05, 0) is 24.3 Å². The molecule has 5 heteroatoms. The third kappa shape index (κ3) is 2.71. The molecule has 0 fully saturated rings. The number of hydrogen-bond donors (Lipinski definition) is 3. The number of nitrogens with two attached hydrogens (primary N) is 2. The van der Waals surface area contributed by atoms with Crippen LogP contribution in [0.3, 0.4) is 0 Å². The van der Waals surface area contributed by atoms with Gasteiger partial charge in [-0.1, -0.05) is 24.3 Å². The normalized spacial score (nSPS) is 9.89. The predicted octanol–water partition coefficient (Wildman–Crippen LogP) is 1.62. The van der Waals surface area contributed by atoms with Crippen LogP contribution in [0.5, 0.6) is 0 Å². The van der Waals surface area contributed by atoms with E-state index in [0.717, 1.165) is 0 Å². The van der Waals surface area contributed by atoms with E-state index in [1.54, 1.807) is 36.4 Å². The highest BCUT2D eigenvalue weighted by atomic mass is 16.2. The quantitative estimate of drug-likeness (QED) is 0.727. The van der Waals surface area contributed by atoms with Crippen LogP contribution >= 0.6 is 0 Å². The van der Waals surface area contributed by atoms with Crippen LogP contribution in [0, 0.1) is 0 Å². The minimum absolute atomic E-state index is 0.185. The lowest BCUT2D eigenvalue weighted by molar-refractivity contribution is 0.100. The van der Waals surface area contributed by atoms with E-state index >= 15 is 0 Å². The molecule has 19 heavy (non-hydrogen) atoms. The second-order valence-electron chi connectivity index (χ2n) is 3.95. The molecule has 0 saturated heterocycles. The predicted molar refractivity (Wildman–Crippen MR) is 73.8 cm³/mol. The molecule has 0 aromatic heterocycles. The number of anilines is 2. The fourth-order valence-electron chi connectivity index (χ4n) is 1.69. The monoisotopic (exact) mass is 255 g/mol. The largest absolute Gasteiger partial charge is 0.397 e. The molecule has 2 amide bonds. The smallest absolute Gasteiger partial charge is 0.255 e. The molecule has 0 bridgehead atoms. The van der Waals surface area contributed by atoms with Gasteiger partial charge in [-0.2, -0.15) is 0 Å². The lowest BCUT2D eigenvalue weighted by Crippen LogP contribution is -2.19. The number of carbonyl (C=O) groups is 2. The lowest BCUT2D eigenvalue weighted by Gasteiger charge is -2.11. The fourth-order valence-corrected chi connectivity index (χ4v) is 1.69. The van der Waals surface area contributed by atoms with E-state index in [1.165, 1.54) is 6.07 Å². The molecule has 5 nitrogen and oxygen atoms in total. The van der Waals surface area contributed by atoms with Crippen molar-refractivity contribution in [3.63, 3.8) is 0 Å². The van der Waals surface area contributed by atoms with Crippen molar-refractivity contribution in [2.75, 3.05) is 11.1 Å². The molecule has 0 aliphatic rings. The summed E-state index contributed by atoms with van der Waals surface area (Å²) < 4.78 is 0. The van der Waals surface area contributed by atoms with Crippen molar-refractivity contribution < 1.29 is 9.59 Å². The van der Waals surface area contributed by atoms with Crippen molar-refractivity contribution in [3.8, 4) is 0 Å². The van der Waals surface area contributed by atoms with Crippen LogP contribution in [-0.2, 0) is 0 Å². The molecule has 0 aliphatic carbocycles. The van der Waals surface area contributed by atoms with Crippen LogP contribution < -0.4 is 16.8 Å². The Morgan fingerprint density at radius 3 is 2.26 bits per heavy atom. The number of nitrogens with one attached hydrogen (secondary N) is 1. The van der Waals surface area contributed by atoms with Gasteiger partial charge in [-0.15, -0.1) is 0 Å². The zero-order chi connectivity index (χ0) is 13.8. The average molecular weight is 255 g/mol. The number of carbonyl (C=O) groups excluding carboxylic acids is 2. The SMILES string of the molecule is NC(=O)c1cccc(N)c1NC(=O)c1ccccc1. The summed E-state index contributed by atoms with van der Waals surface area (Å²) in [6.07, 6.45) is 0. The molecule has 0 unspecified atom stereocenters. The second kappa shape index (κ2) is 5.22. The fraction of sp³-hybridized carbons (Fsp3) is 0. The summed E-state index contributed by atoms with van der Waals surface area (Å²) >= 11 is 0. The Hall–Kier alpha value is -2.82. The van der Waals surface area contributed by atoms with Crippen molar-refractivity contribution in [2.24, 2.45) is 5.73 Å². The summed E-state index contributed by atoms with van der Waals surface area (Å²) in [5.41, 5.74) is 12.2. The van der Waals surface area contributed by atoms with Crippen LogP contribution in [0.4, 0.5) is 11.4 Å². The molecule has 2 aromatic carbocycles. The second-order valence-corrected chi connectivity index (χ2v) is 3.95. The first kappa shape index (κ1) is 12.6. The number of primary amides is 1. The molecule has 2 aromatic rings. The van der Waals surface area contributed by atoms with Crippen molar-refractivity contribution in [1.82, 2.24) is 0 Å². The number of nitrogen functional groups attached to an aromatic ring is 1. The van der Waals surface area contributed by atoms with Gasteiger partial charge in [0.2, 0.25) is 0 Å². The summed E-state index contributed by atoms with van der Waals surface area (Å²) in [6.45, 7) is 0. The first-order valence-electron chi connectivity index (χ1n) is 5.64. The number of hydrogen-bond acceptors (Lipinski definition) is 3. The van der Waals surface area contributed by atoms with Crippen molar-refractivity contribution >= 4 is 23.2 Å². The molecular weight excluding hydrogens is 242 g/mol. The van der Waals surface area contributed by atoms with Gasteiger partial charge in [-0.25, -0.2) is 0 Å². The van der Waals surface area contributed by atoms with Gasteiger partial charge in [0.05, 0.1) is 16.9 Å². The molecule has 5 N–H and O–H groups in total. The van der Waals surface area contributed by atoms with Crippen LogP contribution in [-0.4, -0.2) is 11.8 Å². The molecule has 0 saturated carbocycles. The van der Waals surface area contributed by atoms with Gasteiger partial charge in [0.25, 0.3) is 11.8 Å². The molecule has 0 radical (unpaired) electrons. The Balaban J connectivity index is 2.34. The zero-order valence-electron chi connectivity index (χ0n) is 10.1. The number of amides is 2. The molecule has 0 aliphatic heterocycles. The van der Waals surface area contributed by atoms with Gasteiger partial charge in [0, 0.05) is 5.56 Å². The molecule has 0 heterocycles. The molecule has 0 atom stereocenters. The maximum absolute atomic E-state index is 12.0. The van der Waals surface area contributed by atoms with Gasteiger partial charge >= 0.3 is 0 Å². The summed E-state index contributed by atoms with van der Waals surface area (Å²) in [5.74, 6) is -0.989. The van der Waals surface area contributed by atoms with Gasteiger partial charge in [0.1, 0.15) is 0 Å². The zero-order valence-corrected chi connectivity index (χ0v) is 10.1. The minimum Gasteiger partial charge on any atom is -0.397 e. The molecule has 2 rings (SSSR count). The van der Waals surface area contributed by atoms with Crippen molar-refractivity contribution in [3.05, 3.63) is 59.7 Å². The van der Waals surface area contributed by atoms with E-state index in [0.29, 0.717) is 11.3 Å². The van der Waals surface area contributed by atoms with E-state index in [9.17, 15) is 9.59 Å². The average Bonchev–Trinajstić information content (AvgIpc) is 2.41. The van der Waals surface area contributed by atoms with E-state index in [1.807, 2.05) is 6.07 Å². The van der Waals surface area contributed by atoms with Gasteiger partial charge < -0.3 is 16.8 Å². The standard InChI is InChI=1S/C14H13N3O2/c15-11-8-4-7-10(13(16)18)12(11)17-14(19)9-5-2-1-3-6-9/h1-8H,15H2,(H2,16,18)(H,17,19). The highest BCUT2D eigenvalue weighted by Crippen LogP contribution is 2.23. The maximum Gasteiger partial charge on any atom is 0.255 e. The third-order valence-electron chi connectivity index (χ3n) is 2.64. The lowest BCUT2D eigenvalue weighted by atomic mass is 10.1. The maximum atomic E-state index is 12.0. The Bertz CT molecular complexity index is 624. The third-order valence-corrected chi connectivity index (χ3v) is 2.64. The first-order chi connectivity index (χ1) is 9.09. The summed E-state index contributed by atoms with van der Waals surface area (Å²) in [7, 11) is 0. The van der Waals surface area contributed by atoms with E-state index < -0.39 is 5.91 Å². The highest BCUT2D eigenvalue weighted by Gasteiger charge is 2.14. The van der Waals surface area contributed by atoms with Crippen molar-refractivity contribution in [2.45, 2.75) is 0 Å². The Morgan fingerprint density at radius 1 is 0.947 bits per heavy atom. The van der Waals surface area contributed by atoms with Crippen molar-refractivity contribution in [1.29, 1.82) is 0 Å². The summed E-state index contributed by atoms with van der Waals surface area (Å²) in [5, 5.41) is 2.61. The summed E-state index contributed by atoms with van der Waals surface area (Å²) in [6, 6.07) is 13.3. The topological polar surface area (TPSA) is 98.2 Å².